The zero-order valence-corrected chi connectivity index (χ0v) is 18.2. The molecule has 1 aliphatic heterocycles. The highest BCUT2D eigenvalue weighted by Gasteiger charge is 2.30. The summed E-state index contributed by atoms with van der Waals surface area (Å²) in [7, 11) is 3.22. The Hall–Kier alpha value is -3.00. The van der Waals surface area contributed by atoms with Crippen LogP contribution in [0.5, 0.6) is 17.2 Å². The van der Waals surface area contributed by atoms with Gasteiger partial charge in [-0.15, -0.1) is 5.10 Å². The summed E-state index contributed by atoms with van der Waals surface area (Å²) in [4.78, 5) is 12.2. The summed E-state index contributed by atoms with van der Waals surface area (Å²) in [5.41, 5.74) is 1.88. The van der Waals surface area contributed by atoms with Crippen molar-refractivity contribution in [3.63, 3.8) is 0 Å². The van der Waals surface area contributed by atoms with Gasteiger partial charge in [-0.3, -0.25) is 4.79 Å². The van der Waals surface area contributed by atoms with E-state index in [4.69, 9.17) is 14.2 Å². The topological polar surface area (TPSA) is 81.5 Å². The summed E-state index contributed by atoms with van der Waals surface area (Å²) in [6.45, 7) is 3.92. The first-order valence-electron chi connectivity index (χ1n) is 9.54. The summed E-state index contributed by atoms with van der Waals surface area (Å²) in [6.07, 6.45) is 2.27. The number of nitrogens with one attached hydrogen (secondary N) is 1. The molecule has 158 valence electrons. The molecule has 0 bridgehead atoms. The van der Waals surface area contributed by atoms with Crippen molar-refractivity contribution in [1.82, 2.24) is 5.32 Å². The van der Waals surface area contributed by atoms with Crippen molar-refractivity contribution in [2.24, 2.45) is 10.2 Å². The maximum absolute atomic E-state index is 12.2. The van der Waals surface area contributed by atoms with Gasteiger partial charge in [-0.05, 0) is 61.7 Å². The molecule has 1 aliphatic rings. The van der Waals surface area contributed by atoms with Crippen molar-refractivity contribution in [2.75, 3.05) is 14.2 Å². The first-order chi connectivity index (χ1) is 14.5. The molecule has 1 amide bonds. The fraction of sp³-hybridized carbons (Fsp3) is 0.318. The Morgan fingerprint density at radius 3 is 2.53 bits per heavy atom. The Labute approximate surface area is 180 Å². The van der Waals surface area contributed by atoms with E-state index in [1.165, 1.54) is 11.8 Å². The summed E-state index contributed by atoms with van der Waals surface area (Å²) < 4.78 is 16.2. The first-order valence-corrected chi connectivity index (χ1v) is 10.4. The smallest absolute Gasteiger partial charge is 0.239 e. The van der Waals surface area contributed by atoms with Gasteiger partial charge in [0, 0.05) is 0 Å². The molecule has 0 saturated carbocycles. The van der Waals surface area contributed by atoms with Gasteiger partial charge < -0.3 is 19.5 Å². The highest BCUT2D eigenvalue weighted by Crippen LogP contribution is 2.28. The predicted molar refractivity (Wildman–Crippen MR) is 120 cm³/mol. The molecule has 2 aromatic rings. The molecule has 1 fully saturated rings. The van der Waals surface area contributed by atoms with Gasteiger partial charge in [-0.25, -0.2) is 0 Å². The number of amidine groups is 1. The van der Waals surface area contributed by atoms with Gasteiger partial charge in [0.25, 0.3) is 0 Å². The zero-order valence-electron chi connectivity index (χ0n) is 17.4. The minimum absolute atomic E-state index is 0.0543. The van der Waals surface area contributed by atoms with Crippen LogP contribution in [-0.2, 0) is 11.2 Å². The van der Waals surface area contributed by atoms with E-state index in [0.29, 0.717) is 23.1 Å². The highest BCUT2D eigenvalue weighted by molar-refractivity contribution is 8.15. The second kappa shape index (κ2) is 10.2. The summed E-state index contributed by atoms with van der Waals surface area (Å²) in [5.74, 6) is 2.03. The van der Waals surface area contributed by atoms with Gasteiger partial charge in [0.05, 0.1) is 31.8 Å². The minimum Gasteiger partial charge on any atom is -0.497 e. The molecule has 7 nitrogen and oxygen atoms in total. The van der Waals surface area contributed by atoms with Crippen LogP contribution in [0.3, 0.4) is 0 Å². The number of methoxy groups -OCH3 is 2. The maximum atomic E-state index is 12.2. The van der Waals surface area contributed by atoms with Crippen LogP contribution in [0.4, 0.5) is 0 Å². The molecule has 1 saturated heterocycles. The molecule has 1 unspecified atom stereocenters. The number of hydrogen-bond donors (Lipinski definition) is 1. The van der Waals surface area contributed by atoms with Gasteiger partial charge in [-0.1, -0.05) is 23.9 Å². The molecule has 1 N–H and O–H groups in total. The number of amides is 1. The molecular formula is C22H25N3O4S. The van der Waals surface area contributed by atoms with E-state index in [-0.39, 0.29) is 17.3 Å². The zero-order chi connectivity index (χ0) is 21.5. The van der Waals surface area contributed by atoms with Gasteiger partial charge in [0.1, 0.15) is 5.75 Å². The number of hydrogen-bond acceptors (Lipinski definition) is 7. The van der Waals surface area contributed by atoms with Crippen molar-refractivity contribution < 1.29 is 19.0 Å². The third kappa shape index (κ3) is 5.76. The van der Waals surface area contributed by atoms with Gasteiger partial charge in [0.15, 0.2) is 16.7 Å². The Bertz CT molecular complexity index is 942. The van der Waals surface area contributed by atoms with Crippen LogP contribution in [0.2, 0.25) is 0 Å². The Balaban J connectivity index is 1.62. The molecule has 8 heteroatoms. The molecule has 1 atom stereocenters. The largest absolute Gasteiger partial charge is 0.497 e. The molecule has 0 aromatic heterocycles. The van der Waals surface area contributed by atoms with E-state index in [1.807, 2.05) is 56.3 Å². The van der Waals surface area contributed by atoms with Gasteiger partial charge in [-0.2, -0.15) is 5.10 Å². The lowest BCUT2D eigenvalue weighted by atomic mass is 10.1. The van der Waals surface area contributed by atoms with Crippen LogP contribution in [0, 0.1) is 0 Å². The number of benzene rings is 2. The highest BCUT2D eigenvalue weighted by atomic mass is 32.2. The SMILES string of the molecule is COc1ccc(CC2S/C(=N/N=C/c3ccc(OC(C)C)c(OC)c3)NC2=O)cc1. The summed E-state index contributed by atoms with van der Waals surface area (Å²) in [6, 6.07) is 13.2. The number of nitrogens with zero attached hydrogens (tertiary/aromatic N) is 2. The van der Waals surface area contributed by atoms with Gasteiger partial charge >= 0.3 is 0 Å². The fourth-order valence-corrected chi connectivity index (χ4v) is 3.79. The second-order valence-corrected chi connectivity index (χ2v) is 8.07. The quantitative estimate of drug-likeness (QED) is 0.514. The fourth-order valence-electron chi connectivity index (χ4n) is 2.83. The van der Waals surface area contributed by atoms with Crippen molar-refractivity contribution in [3.05, 3.63) is 53.6 Å². The Morgan fingerprint density at radius 2 is 1.87 bits per heavy atom. The molecular weight excluding hydrogens is 402 g/mol. The molecule has 0 radical (unpaired) electrons. The number of carbonyl (C=O) groups is 1. The molecule has 0 spiro atoms. The average molecular weight is 428 g/mol. The van der Waals surface area contributed by atoms with Crippen molar-refractivity contribution in [2.45, 2.75) is 31.6 Å². The van der Waals surface area contributed by atoms with Crippen molar-refractivity contribution in [1.29, 1.82) is 0 Å². The third-order valence-corrected chi connectivity index (χ3v) is 5.33. The van der Waals surface area contributed by atoms with E-state index in [1.54, 1.807) is 20.4 Å². The number of thioether (sulfide) groups is 1. The Kier molecular flexibility index (Phi) is 7.35. The monoisotopic (exact) mass is 427 g/mol. The molecule has 1 heterocycles. The second-order valence-electron chi connectivity index (χ2n) is 6.87. The van der Waals surface area contributed by atoms with E-state index < -0.39 is 0 Å². The van der Waals surface area contributed by atoms with E-state index in [0.717, 1.165) is 16.9 Å². The number of ether oxygens (including phenoxy) is 3. The Morgan fingerprint density at radius 1 is 1.10 bits per heavy atom. The lowest BCUT2D eigenvalue weighted by Crippen LogP contribution is -2.25. The van der Waals surface area contributed by atoms with E-state index in [9.17, 15) is 4.79 Å². The summed E-state index contributed by atoms with van der Waals surface area (Å²) >= 11 is 1.38. The molecule has 2 aromatic carbocycles. The first kappa shape index (κ1) is 21.7. The number of rotatable bonds is 8. The molecule has 0 aliphatic carbocycles. The van der Waals surface area contributed by atoms with Crippen molar-refractivity contribution >= 4 is 29.1 Å². The van der Waals surface area contributed by atoms with Crippen molar-refractivity contribution in [3.8, 4) is 17.2 Å². The van der Waals surface area contributed by atoms with Crippen LogP contribution >= 0.6 is 11.8 Å². The number of carbonyl (C=O) groups excluding carboxylic acids is 1. The maximum Gasteiger partial charge on any atom is 0.239 e. The van der Waals surface area contributed by atoms with Crippen LogP contribution in [0.25, 0.3) is 0 Å². The van der Waals surface area contributed by atoms with E-state index >= 15 is 0 Å². The minimum atomic E-state index is -0.236. The van der Waals surface area contributed by atoms with Crippen LogP contribution in [-0.4, -0.2) is 42.9 Å². The lowest BCUT2D eigenvalue weighted by Gasteiger charge is -2.13. The summed E-state index contributed by atoms with van der Waals surface area (Å²) in [5, 5.41) is 11.3. The standard InChI is InChI=1S/C22H25N3O4S/c1-14(2)29-18-10-7-16(11-19(18)28-4)13-23-25-22-24-21(26)20(30-22)12-15-5-8-17(27-3)9-6-15/h5-11,13-14,20H,12H2,1-4H3,(H,24,25,26)/b23-13+. The third-order valence-electron chi connectivity index (χ3n) is 4.26. The molecule has 3 rings (SSSR count). The van der Waals surface area contributed by atoms with Gasteiger partial charge in [0.2, 0.25) is 5.91 Å². The molecule has 30 heavy (non-hydrogen) atoms. The normalized spacial score (nSPS) is 17.6. The predicted octanol–water partition coefficient (Wildman–Crippen LogP) is 3.66. The lowest BCUT2D eigenvalue weighted by molar-refractivity contribution is -0.118. The average Bonchev–Trinajstić information content (AvgIpc) is 3.08. The van der Waals surface area contributed by atoms with E-state index in [2.05, 4.69) is 15.5 Å². The van der Waals surface area contributed by atoms with Crippen LogP contribution < -0.4 is 19.5 Å². The van der Waals surface area contributed by atoms with Crippen LogP contribution in [0.15, 0.2) is 52.7 Å². The van der Waals surface area contributed by atoms with Crippen LogP contribution in [0.1, 0.15) is 25.0 Å².